The van der Waals surface area contributed by atoms with Crippen LogP contribution in [0, 0.1) is 0 Å². The third-order valence-electron chi connectivity index (χ3n) is 3.10. The van der Waals surface area contributed by atoms with Crippen LogP contribution in [-0.2, 0) is 4.79 Å². The molecule has 0 atom stereocenters. The van der Waals surface area contributed by atoms with E-state index in [1.165, 1.54) is 37.4 Å². The Kier molecular flexibility index (Phi) is 7.39. The third kappa shape index (κ3) is 4.97. The SMILES string of the molecule is CCC[Si](C=C(C)C(=O)O)(CCC)CCC. The molecule has 0 aliphatic carbocycles. The summed E-state index contributed by atoms with van der Waals surface area (Å²) < 4.78 is 0. The summed E-state index contributed by atoms with van der Waals surface area (Å²) in [5.41, 5.74) is 2.70. The fourth-order valence-corrected chi connectivity index (χ4v) is 7.82. The van der Waals surface area contributed by atoms with E-state index < -0.39 is 14.0 Å². The highest BCUT2D eigenvalue weighted by Gasteiger charge is 2.28. The zero-order valence-corrected chi connectivity index (χ0v) is 12.2. The minimum atomic E-state index is -1.46. The number of aliphatic carboxylic acids is 1. The van der Waals surface area contributed by atoms with Crippen molar-refractivity contribution in [1.82, 2.24) is 0 Å². The Labute approximate surface area is 101 Å². The van der Waals surface area contributed by atoms with Gasteiger partial charge < -0.3 is 5.11 Å². The molecular formula is C13H26O2Si. The Morgan fingerprint density at radius 2 is 1.44 bits per heavy atom. The van der Waals surface area contributed by atoms with Gasteiger partial charge in [0.15, 0.2) is 0 Å². The van der Waals surface area contributed by atoms with Gasteiger partial charge in [0.2, 0.25) is 0 Å². The van der Waals surface area contributed by atoms with E-state index in [-0.39, 0.29) is 0 Å². The van der Waals surface area contributed by atoms with E-state index in [9.17, 15) is 4.79 Å². The number of hydrogen-bond acceptors (Lipinski definition) is 1. The normalized spacial score (nSPS) is 12.9. The van der Waals surface area contributed by atoms with E-state index >= 15 is 0 Å². The maximum Gasteiger partial charge on any atom is 0.330 e. The van der Waals surface area contributed by atoms with Crippen molar-refractivity contribution in [1.29, 1.82) is 0 Å². The highest BCUT2D eigenvalue weighted by Crippen LogP contribution is 2.28. The monoisotopic (exact) mass is 242 g/mol. The average Bonchev–Trinajstić information content (AvgIpc) is 2.18. The molecule has 0 amide bonds. The second-order valence-corrected chi connectivity index (χ2v) is 9.26. The molecule has 0 aliphatic heterocycles. The van der Waals surface area contributed by atoms with Crippen molar-refractivity contribution in [3.63, 3.8) is 0 Å². The standard InChI is InChI=1S/C13H26O2Si/c1-5-8-16(9-6-2,10-7-3)11-12(4)13(14)15/h11H,5-10H2,1-4H3,(H,14,15). The predicted molar refractivity (Wildman–Crippen MR) is 72.4 cm³/mol. The molecule has 0 saturated heterocycles. The molecule has 0 aromatic carbocycles. The molecule has 0 aliphatic rings. The lowest BCUT2D eigenvalue weighted by Crippen LogP contribution is -2.32. The smallest absolute Gasteiger partial charge is 0.330 e. The molecule has 0 bridgehead atoms. The molecule has 0 rings (SSSR count). The second-order valence-electron chi connectivity index (χ2n) is 4.74. The fourth-order valence-electron chi connectivity index (χ4n) is 2.61. The molecule has 0 fully saturated rings. The van der Waals surface area contributed by atoms with Crippen LogP contribution in [0.5, 0.6) is 0 Å². The first kappa shape index (κ1) is 15.4. The lowest BCUT2D eigenvalue weighted by molar-refractivity contribution is -0.132. The first-order chi connectivity index (χ1) is 7.51. The molecule has 0 aromatic heterocycles. The highest BCUT2D eigenvalue weighted by atomic mass is 28.3. The molecule has 2 nitrogen and oxygen atoms in total. The molecule has 94 valence electrons. The molecule has 0 saturated carbocycles. The Hall–Kier alpha value is -0.573. The molecule has 1 N–H and O–H groups in total. The van der Waals surface area contributed by atoms with Crippen LogP contribution < -0.4 is 0 Å². The summed E-state index contributed by atoms with van der Waals surface area (Å²) in [6.45, 7) is 8.36. The maximum atomic E-state index is 10.9. The predicted octanol–water partition coefficient (Wildman–Crippen LogP) is 4.24. The zero-order chi connectivity index (χ0) is 12.6. The largest absolute Gasteiger partial charge is 0.478 e. The Morgan fingerprint density at radius 1 is 1.06 bits per heavy atom. The van der Waals surface area contributed by atoms with E-state index in [1.807, 2.05) is 0 Å². The van der Waals surface area contributed by atoms with Gasteiger partial charge in [0.25, 0.3) is 0 Å². The van der Waals surface area contributed by atoms with Gasteiger partial charge in [-0.05, 0) is 6.92 Å². The number of carboxylic acids is 1. The summed E-state index contributed by atoms with van der Waals surface area (Å²) in [6, 6.07) is 3.71. The van der Waals surface area contributed by atoms with Gasteiger partial charge in [0.05, 0.1) is 8.07 Å². The van der Waals surface area contributed by atoms with Gasteiger partial charge in [-0.15, -0.1) is 0 Å². The molecule has 0 aromatic rings. The van der Waals surface area contributed by atoms with Crippen molar-refractivity contribution in [2.75, 3.05) is 0 Å². The maximum absolute atomic E-state index is 10.9. The summed E-state index contributed by atoms with van der Waals surface area (Å²) in [4.78, 5) is 10.9. The summed E-state index contributed by atoms with van der Waals surface area (Å²) in [5.74, 6) is -0.750. The Bertz CT molecular complexity index is 229. The number of carbonyl (C=O) groups is 1. The van der Waals surface area contributed by atoms with Crippen LogP contribution in [0.15, 0.2) is 11.3 Å². The summed E-state index contributed by atoms with van der Waals surface area (Å²) in [7, 11) is -1.46. The minimum Gasteiger partial charge on any atom is -0.478 e. The van der Waals surface area contributed by atoms with Crippen LogP contribution in [0.2, 0.25) is 18.1 Å². The molecule has 0 heterocycles. The van der Waals surface area contributed by atoms with Crippen LogP contribution in [0.1, 0.15) is 47.0 Å². The van der Waals surface area contributed by atoms with Crippen molar-refractivity contribution in [3.05, 3.63) is 11.3 Å². The number of carboxylic acid groups (broad SMARTS) is 1. The van der Waals surface area contributed by atoms with Gasteiger partial charge in [-0.25, -0.2) is 4.79 Å². The van der Waals surface area contributed by atoms with Crippen molar-refractivity contribution in [2.45, 2.75) is 65.1 Å². The first-order valence-electron chi connectivity index (χ1n) is 6.44. The van der Waals surface area contributed by atoms with Gasteiger partial charge >= 0.3 is 5.97 Å². The topological polar surface area (TPSA) is 37.3 Å². The van der Waals surface area contributed by atoms with Crippen LogP contribution in [0.4, 0.5) is 0 Å². The number of hydrogen-bond donors (Lipinski definition) is 1. The van der Waals surface area contributed by atoms with Crippen molar-refractivity contribution in [3.8, 4) is 0 Å². The van der Waals surface area contributed by atoms with Crippen molar-refractivity contribution < 1.29 is 9.90 Å². The van der Waals surface area contributed by atoms with Crippen LogP contribution in [0.3, 0.4) is 0 Å². The van der Waals surface area contributed by atoms with Crippen molar-refractivity contribution >= 4 is 14.0 Å². The van der Waals surface area contributed by atoms with Crippen LogP contribution in [0.25, 0.3) is 0 Å². The van der Waals surface area contributed by atoms with E-state index in [0.29, 0.717) is 5.57 Å². The first-order valence-corrected chi connectivity index (χ1v) is 9.14. The lowest BCUT2D eigenvalue weighted by Gasteiger charge is -2.28. The van der Waals surface area contributed by atoms with Gasteiger partial charge in [0, 0.05) is 5.57 Å². The third-order valence-corrected chi connectivity index (χ3v) is 8.64. The minimum absolute atomic E-state index is 0.557. The average molecular weight is 242 g/mol. The van der Waals surface area contributed by atoms with Gasteiger partial charge in [0.1, 0.15) is 0 Å². The Balaban J connectivity index is 4.99. The molecule has 0 spiro atoms. The lowest BCUT2D eigenvalue weighted by atomic mass is 10.4. The molecule has 0 radical (unpaired) electrons. The molecule has 16 heavy (non-hydrogen) atoms. The number of rotatable bonds is 8. The van der Waals surface area contributed by atoms with Gasteiger partial charge in [-0.2, -0.15) is 0 Å². The molecule has 0 unspecified atom stereocenters. The fraction of sp³-hybridized carbons (Fsp3) is 0.769. The van der Waals surface area contributed by atoms with E-state index in [4.69, 9.17) is 5.11 Å². The van der Waals surface area contributed by atoms with Gasteiger partial charge in [-0.3, -0.25) is 0 Å². The quantitative estimate of drug-likeness (QED) is 0.511. The summed E-state index contributed by atoms with van der Waals surface area (Å²) in [6.07, 6.45) is 3.53. The second kappa shape index (κ2) is 7.66. The summed E-state index contributed by atoms with van der Waals surface area (Å²) in [5, 5.41) is 9.00. The van der Waals surface area contributed by atoms with Gasteiger partial charge in [-0.1, -0.05) is 63.9 Å². The van der Waals surface area contributed by atoms with E-state index in [2.05, 4.69) is 26.5 Å². The molecular weight excluding hydrogens is 216 g/mol. The van der Waals surface area contributed by atoms with E-state index in [1.54, 1.807) is 6.92 Å². The van der Waals surface area contributed by atoms with Crippen LogP contribution in [-0.4, -0.2) is 19.1 Å². The highest BCUT2D eigenvalue weighted by molar-refractivity contribution is 6.84. The summed E-state index contributed by atoms with van der Waals surface area (Å²) >= 11 is 0. The van der Waals surface area contributed by atoms with Crippen molar-refractivity contribution in [2.24, 2.45) is 0 Å². The Morgan fingerprint density at radius 3 is 1.69 bits per heavy atom. The van der Waals surface area contributed by atoms with Crippen LogP contribution >= 0.6 is 0 Å². The molecule has 3 heteroatoms. The van der Waals surface area contributed by atoms with E-state index in [0.717, 1.165) is 0 Å². The zero-order valence-electron chi connectivity index (χ0n) is 11.2.